The lowest BCUT2D eigenvalue weighted by atomic mass is 10.2. The molecule has 0 spiro atoms. The summed E-state index contributed by atoms with van der Waals surface area (Å²) in [4.78, 5) is 12.5. The molecule has 156 valence electrons. The van der Waals surface area contributed by atoms with E-state index in [2.05, 4.69) is 10.0 Å². The highest BCUT2D eigenvalue weighted by Gasteiger charge is 2.17. The molecule has 0 saturated carbocycles. The quantitative estimate of drug-likeness (QED) is 0.564. The topological polar surface area (TPSA) is 93.7 Å². The molecule has 0 fully saturated rings. The van der Waals surface area contributed by atoms with Crippen molar-refractivity contribution in [2.45, 2.75) is 11.8 Å². The molecule has 0 unspecified atom stereocenters. The highest BCUT2D eigenvalue weighted by molar-refractivity contribution is 7.92. The van der Waals surface area contributed by atoms with Gasteiger partial charge in [0.1, 0.15) is 11.5 Å². The smallest absolute Gasteiger partial charge is 0.262 e. The predicted molar refractivity (Wildman–Crippen MR) is 116 cm³/mol. The van der Waals surface area contributed by atoms with Gasteiger partial charge in [0.25, 0.3) is 15.9 Å². The number of benzene rings is 3. The first kappa shape index (κ1) is 21.2. The van der Waals surface area contributed by atoms with E-state index in [1.807, 2.05) is 6.92 Å². The lowest BCUT2D eigenvalue weighted by Crippen LogP contribution is -2.15. The number of carbonyl (C=O) groups excluding carboxylic acids is 1. The number of sulfonamides is 1. The normalized spacial score (nSPS) is 10.9. The number of ether oxygens (including phenoxy) is 2. The summed E-state index contributed by atoms with van der Waals surface area (Å²) >= 11 is 0. The summed E-state index contributed by atoms with van der Waals surface area (Å²) in [6.45, 7) is 2.42. The zero-order valence-electron chi connectivity index (χ0n) is 16.6. The molecule has 30 heavy (non-hydrogen) atoms. The maximum atomic E-state index is 12.8. The minimum Gasteiger partial charge on any atom is -0.495 e. The van der Waals surface area contributed by atoms with E-state index in [-0.39, 0.29) is 10.8 Å². The zero-order valence-corrected chi connectivity index (χ0v) is 17.4. The monoisotopic (exact) mass is 426 g/mol. The lowest BCUT2D eigenvalue weighted by Gasteiger charge is -2.13. The van der Waals surface area contributed by atoms with Crippen molar-refractivity contribution in [2.75, 3.05) is 23.8 Å². The summed E-state index contributed by atoms with van der Waals surface area (Å²) in [5, 5.41) is 2.71. The number of amides is 1. The molecule has 1 amide bonds. The van der Waals surface area contributed by atoms with Gasteiger partial charge >= 0.3 is 0 Å². The Bertz CT molecular complexity index is 1130. The summed E-state index contributed by atoms with van der Waals surface area (Å²) in [5.41, 5.74) is 1.11. The molecule has 2 N–H and O–H groups in total. The summed E-state index contributed by atoms with van der Waals surface area (Å²) in [6.07, 6.45) is 0. The SMILES string of the molecule is CCOc1ccc(C(=O)Nc2cccc(S(=O)(=O)Nc3ccccc3OC)c2)cc1. The van der Waals surface area contributed by atoms with Crippen molar-refractivity contribution in [3.8, 4) is 11.5 Å². The highest BCUT2D eigenvalue weighted by Crippen LogP contribution is 2.27. The van der Waals surface area contributed by atoms with Crippen LogP contribution in [0.1, 0.15) is 17.3 Å². The number of para-hydroxylation sites is 2. The van der Waals surface area contributed by atoms with Crippen molar-refractivity contribution in [3.63, 3.8) is 0 Å². The fourth-order valence-electron chi connectivity index (χ4n) is 2.75. The largest absolute Gasteiger partial charge is 0.495 e. The van der Waals surface area contributed by atoms with E-state index < -0.39 is 10.0 Å². The second kappa shape index (κ2) is 9.32. The first-order valence-corrected chi connectivity index (χ1v) is 10.7. The molecule has 0 heterocycles. The highest BCUT2D eigenvalue weighted by atomic mass is 32.2. The van der Waals surface area contributed by atoms with E-state index in [0.29, 0.717) is 35.0 Å². The van der Waals surface area contributed by atoms with Crippen LogP contribution in [0.4, 0.5) is 11.4 Å². The van der Waals surface area contributed by atoms with Crippen LogP contribution in [0.5, 0.6) is 11.5 Å². The summed E-state index contributed by atoms with van der Waals surface area (Å²) in [6, 6.07) is 19.4. The second-order valence-electron chi connectivity index (χ2n) is 6.25. The Balaban J connectivity index is 1.77. The van der Waals surface area contributed by atoms with Gasteiger partial charge in [0.15, 0.2) is 0 Å². The van der Waals surface area contributed by atoms with Crippen molar-refractivity contribution in [3.05, 3.63) is 78.4 Å². The molecular formula is C22H22N2O5S. The summed E-state index contributed by atoms with van der Waals surface area (Å²) in [5.74, 6) is 0.718. The van der Waals surface area contributed by atoms with E-state index in [4.69, 9.17) is 9.47 Å². The lowest BCUT2D eigenvalue weighted by molar-refractivity contribution is 0.102. The molecule has 3 rings (SSSR count). The fraction of sp³-hybridized carbons (Fsp3) is 0.136. The minimum absolute atomic E-state index is 0.0119. The van der Waals surface area contributed by atoms with Crippen LogP contribution in [-0.2, 0) is 10.0 Å². The predicted octanol–water partition coefficient (Wildman–Crippen LogP) is 4.15. The van der Waals surface area contributed by atoms with Crippen molar-refractivity contribution >= 4 is 27.3 Å². The van der Waals surface area contributed by atoms with Gasteiger partial charge in [-0.2, -0.15) is 0 Å². The Hall–Kier alpha value is -3.52. The molecule has 8 heteroatoms. The van der Waals surface area contributed by atoms with E-state index >= 15 is 0 Å². The van der Waals surface area contributed by atoms with E-state index in [0.717, 1.165) is 0 Å². The Morgan fingerprint density at radius 1 is 0.967 bits per heavy atom. The molecule has 0 atom stereocenters. The number of rotatable bonds is 8. The Labute approximate surface area is 175 Å². The zero-order chi connectivity index (χ0) is 21.6. The van der Waals surface area contributed by atoms with Crippen molar-refractivity contribution in [1.82, 2.24) is 0 Å². The maximum absolute atomic E-state index is 12.8. The summed E-state index contributed by atoms with van der Waals surface area (Å²) in [7, 11) is -2.42. The number of hydrogen-bond donors (Lipinski definition) is 2. The van der Waals surface area contributed by atoms with Crippen LogP contribution in [0.3, 0.4) is 0 Å². The maximum Gasteiger partial charge on any atom is 0.262 e. The average molecular weight is 426 g/mol. The van der Waals surface area contributed by atoms with Crippen LogP contribution in [0.15, 0.2) is 77.7 Å². The first-order valence-electron chi connectivity index (χ1n) is 9.23. The molecule has 0 saturated heterocycles. The van der Waals surface area contributed by atoms with Crippen molar-refractivity contribution in [1.29, 1.82) is 0 Å². The van der Waals surface area contributed by atoms with Crippen molar-refractivity contribution < 1.29 is 22.7 Å². The Morgan fingerprint density at radius 3 is 2.40 bits per heavy atom. The van der Waals surface area contributed by atoms with Gasteiger partial charge in [0.05, 0.1) is 24.3 Å². The van der Waals surface area contributed by atoms with Crippen LogP contribution >= 0.6 is 0 Å². The fourth-order valence-corrected chi connectivity index (χ4v) is 3.86. The van der Waals surface area contributed by atoms with Crippen LogP contribution in [0.25, 0.3) is 0 Å². The Morgan fingerprint density at radius 2 is 1.70 bits per heavy atom. The third kappa shape index (κ3) is 5.09. The molecule has 0 bridgehead atoms. The molecule has 0 aromatic heterocycles. The van der Waals surface area contributed by atoms with Gasteiger partial charge in [0.2, 0.25) is 0 Å². The number of nitrogens with one attached hydrogen (secondary N) is 2. The standard InChI is InChI=1S/C22H22N2O5S/c1-3-29-18-13-11-16(12-14-18)22(25)23-17-7-6-8-19(15-17)30(26,27)24-20-9-4-5-10-21(20)28-2/h4-15,24H,3H2,1-2H3,(H,23,25). The molecule has 7 nitrogen and oxygen atoms in total. The van der Waals surface area contributed by atoms with Crippen molar-refractivity contribution in [2.24, 2.45) is 0 Å². The van der Waals surface area contributed by atoms with Gasteiger partial charge in [0, 0.05) is 11.3 Å². The van der Waals surface area contributed by atoms with Crippen LogP contribution in [-0.4, -0.2) is 28.0 Å². The van der Waals surface area contributed by atoms with Gasteiger partial charge in [-0.25, -0.2) is 8.42 Å². The van der Waals surface area contributed by atoms with E-state index in [9.17, 15) is 13.2 Å². The average Bonchev–Trinajstić information content (AvgIpc) is 2.75. The molecule has 3 aromatic rings. The van der Waals surface area contributed by atoms with Crippen LogP contribution in [0.2, 0.25) is 0 Å². The molecule has 0 aliphatic carbocycles. The van der Waals surface area contributed by atoms with Gasteiger partial charge < -0.3 is 14.8 Å². The molecule has 3 aromatic carbocycles. The van der Waals surface area contributed by atoms with Crippen LogP contribution in [0, 0.1) is 0 Å². The number of carbonyl (C=O) groups is 1. The number of hydrogen-bond acceptors (Lipinski definition) is 5. The Kier molecular flexibility index (Phi) is 6.58. The minimum atomic E-state index is -3.88. The third-order valence-corrected chi connectivity index (χ3v) is 5.54. The molecule has 0 aliphatic heterocycles. The number of anilines is 2. The third-order valence-electron chi connectivity index (χ3n) is 4.18. The van der Waals surface area contributed by atoms with Gasteiger partial charge in [-0.15, -0.1) is 0 Å². The summed E-state index contributed by atoms with van der Waals surface area (Å²) < 4.78 is 38.6. The van der Waals surface area contributed by atoms with Gasteiger partial charge in [-0.3, -0.25) is 9.52 Å². The van der Waals surface area contributed by atoms with Gasteiger partial charge in [-0.05, 0) is 61.5 Å². The second-order valence-corrected chi connectivity index (χ2v) is 7.93. The molecule has 0 aliphatic rings. The molecule has 0 radical (unpaired) electrons. The van der Waals surface area contributed by atoms with Gasteiger partial charge in [-0.1, -0.05) is 18.2 Å². The van der Waals surface area contributed by atoms with Crippen LogP contribution < -0.4 is 19.5 Å². The van der Waals surface area contributed by atoms with E-state index in [1.54, 1.807) is 60.7 Å². The number of methoxy groups -OCH3 is 1. The molecular weight excluding hydrogens is 404 g/mol. The van der Waals surface area contributed by atoms with E-state index in [1.165, 1.54) is 19.2 Å². The first-order chi connectivity index (χ1) is 14.4.